The number of hydrogen-bond acceptors (Lipinski definition) is 5. The Morgan fingerprint density at radius 2 is 2.10 bits per heavy atom. The first-order valence-corrected chi connectivity index (χ1v) is 9.85. The van der Waals surface area contributed by atoms with Gasteiger partial charge in [-0.15, -0.1) is 0 Å². The van der Waals surface area contributed by atoms with Gasteiger partial charge in [0, 0.05) is 36.9 Å². The van der Waals surface area contributed by atoms with E-state index >= 15 is 0 Å². The highest BCUT2D eigenvalue weighted by atomic mass is 16.4. The summed E-state index contributed by atoms with van der Waals surface area (Å²) in [7, 11) is 0. The first-order valence-electron chi connectivity index (χ1n) is 9.85. The number of benzene rings is 1. The number of nitrogens with one attached hydrogen (secondary N) is 3. The molecule has 2 aliphatic heterocycles. The third-order valence-corrected chi connectivity index (χ3v) is 5.37. The topological polar surface area (TPSA) is 104 Å². The standard InChI is InChI=1S/C21H24N4O4/c1-13-10-17(14-4-3-7-22-12-14)29-20(27)18(13)19(26)24-15-5-2-6-16(11-15)25-9-8-23-21(25)28/h2,5-6,10-11,14,22H,3-4,7-9,12H2,1H3,(H,23,28)(H,24,26). The Kier molecular flexibility index (Phi) is 5.35. The van der Waals surface area contributed by atoms with Crippen molar-refractivity contribution in [2.24, 2.45) is 0 Å². The van der Waals surface area contributed by atoms with Gasteiger partial charge in [-0.1, -0.05) is 6.07 Å². The van der Waals surface area contributed by atoms with Crippen molar-refractivity contribution in [3.05, 3.63) is 57.6 Å². The van der Waals surface area contributed by atoms with Gasteiger partial charge in [-0.2, -0.15) is 0 Å². The van der Waals surface area contributed by atoms with Crippen LogP contribution in [0.25, 0.3) is 0 Å². The molecule has 1 aromatic heterocycles. The number of amides is 3. The molecular formula is C21H24N4O4. The van der Waals surface area contributed by atoms with Crippen LogP contribution >= 0.6 is 0 Å². The molecule has 0 spiro atoms. The molecule has 3 N–H and O–H groups in total. The second-order valence-electron chi connectivity index (χ2n) is 7.43. The molecule has 152 valence electrons. The predicted octanol–water partition coefficient (Wildman–Crippen LogP) is 2.20. The minimum atomic E-state index is -0.627. The summed E-state index contributed by atoms with van der Waals surface area (Å²) in [4.78, 5) is 38.8. The monoisotopic (exact) mass is 396 g/mol. The van der Waals surface area contributed by atoms with Crippen molar-refractivity contribution in [3.63, 3.8) is 0 Å². The van der Waals surface area contributed by atoms with Crippen LogP contribution in [-0.2, 0) is 0 Å². The summed E-state index contributed by atoms with van der Waals surface area (Å²) in [5, 5.41) is 8.79. The number of urea groups is 1. The molecule has 29 heavy (non-hydrogen) atoms. The maximum Gasteiger partial charge on any atom is 0.349 e. The number of aryl methyl sites for hydroxylation is 1. The molecule has 2 fully saturated rings. The largest absolute Gasteiger partial charge is 0.427 e. The summed E-state index contributed by atoms with van der Waals surface area (Å²) in [5.74, 6) is 0.251. The fourth-order valence-electron chi connectivity index (χ4n) is 3.86. The maximum absolute atomic E-state index is 12.8. The van der Waals surface area contributed by atoms with Crippen LogP contribution in [0.15, 0.2) is 39.5 Å². The highest BCUT2D eigenvalue weighted by Gasteiger charge is 2.24. The second kappa shape index (κ2) is 8.08. The van der Waals surface area contributed by atoms with Crippen LogP contribution in [0.3, 0.4) is 0 Å². The lowest BCUT2D eigenvalue weighted by Gasteiger charge is -2.22. The summed E-state index contributed by atoms with van der Waals surface area (Å²) in [5.41, 5.74) is 1.16. The van der Waals surface area contributed by atoms with Crippen molar-refractivity contribution in [3.8, 4) is 0 Å². The van der Waals surface area contributed by atoms with E-state index in [-0.39, 0.29) is 17.5 Å². The van der Waals surface area contributed by atoms with Gasteiger partial charge in [-0.25, -0.2) is 9.59 Å². The van der Waals surface area contributed by atoms with Crippen molar-refractivity contribution < 1.29 is 14.0 Å². The highest BCUT2D eigenvalue weighted by molar-refractivity contribution is 6.05. The Morgan fingerprint density at radius 3 is 2.79 bits per heavy atom. The van der Waals surface area contributed by atoms with Crippen molar-refractivity contribution >= 4 is 23.3 Å². The quantitative estimate of drug-likeness (QED) is 0.735. The van der Waals surface area contributed by atoms with Crippen LogP contribution in [0.2, 0.25) is 0 Å². The van der Waals surface area contributed by atoms with Crippen LogP contribution in [-0.4, -0.2) is 38.1 Å². The molecule has 2 aliphatic rings. The molecular weight excluding hydrogens is 372 g/mol. The fraction of sp³-hybridized carbons (Fsp3) is 0.381. The lowest BCUT2D eigenvalue weighted by atomic mass is 9.95. The van der Waals surface area contributed by atoms with Gasteiger partial charge < -0.3 is 20.4 Å². The zero-order valence-corrected chi connectivity index (χ0v) is 16.3. The predicted molar refractivity (Wildman–Crippen MR) is 110 cm³/mol. The number of piperidine rings is 1. The maximum atomic E-state index is 12.8. The van der Waals surface area contributed by atoms with Gasteiger partial charge in [0.05, 0.1) is 0 Å². The van der Waals surface area contributed by atoms with Gasteiger partial charge in [-0.3, -0.25) is 9.69 Å². The van der Waals surface area contributed by atoms with Gasteiger partial charge >= 0.3 is 11.7 Å². The molecule has 0 radical (unpaired) electrons. The van der Waals surface area contributed by atoms with Gasteiger partial charge in [0.25, 0.3) is 5.91 Å². The third-order valence-electron chi connectivity index (χ3n) is 5.37. The summed E-state index contributed by atoms with van der Waals surface area (Å²) in [6.45, 7) is 4.63. The molecule has 8 nitrogen and oxygen atoms in total. The van der Waals surface area contributed by atoms with E-state index in [1.54, 1.807) is 42.2 Å². The van der Waals surface area contributed by atoms with Crippen molar-refractivity contribution in [2.45, 2.75) is 25.7 Å². The average molecular weight is 396 g/mol. The van der Waals surface area contributed by atoms with Crippen LogP contribution < -0.4 is 26.5 Å². The van der Waals surface area contributed by atoms with Gasteiger partial charge in [0.15, 0.2) is 0 Å². The lowest BCUT2D eigenvalue weighted by Crippen LogP contribution is -2.30. The van der Waals surface area contributed by atoms with Crippen molar-refractivity contribution in [1.82, 2.24) is 10.6 Å². The smallest absolute Gasteiger partial charge is 0.349 e. The van der Waals surface area contributed by atoms with Crippen molar-refractivity contribution in [2.75, 3.05) is 36.4 Å². The van der Waals surface area contributed by atoms with Gasteiger partial charge in [-0.05, 0) is 56.1 Å². The van der Waals surface area contributed by atoms with Gasteiger partial charge in [0.1, 0.15) is 11.3 Å². The molecule has 3 heterocycles. The number of hydrogen-bond donors (Lipinski definition) is 3. The number of carbonyl (C=O) groups excluding carboxylic acids is 2. The number of carbonyl (C=O) groups is 2. The molecule has 1 aromatic carbocycles. The molecule has 0 bridgehead atoms. The molecule has 1 atom stereocenters. The van der Waals surface area contributed by atoms with E-state index in [0.717, 1.165) is 25.9 Å². The minimum Gasteiger partial charge on any atom is -0.427 e. The molecule has 4 rings (SSSR count). The fourth-order valence-corrected chi connectivity index (χ4v) is 3.86. The number of nitrogens with zero attached hydrogens (tertiary/aromatic N) is 1. The van der Waals surface area contributed by atoms with E-state index < -0.39 is 11.5 Å². The number of rotatable bonds is 4. The third kappa shape index (κ3) is 4.02. The van der Waals surface area contributed by atoms with E-state index in [1.165, 1.54) is 0 Å². The van der Waals surface area contributed by atoms with E-state index in [1.807, 2.05) is 0 Å². The first-order chi connectivity index (χ1) is 14.0. The molecule has 1 unspecified atom stereocenters. The Balaban J connectivity index is 1.54. The SMILES string of the molecule is Cc1cc(C2CCCNC2)oc(=O)c1C(=O)Nc1cccc(N2CCNC2=O)c1. The Hall–Kier alpha value is -3.13. The molecule has 0 aliphatic carbocycles. The Labute approximate surface area is 168 Å². The molecule has 2 saturated heterocycles. The first kappa shape index (κ1) is 19.2. The minimum absolute atomic E-state index is 0.00170. The molecule has 0 saturated carbocycles. The summed E-state index contributed by atoms with van der Waals surface area (Å²) >= 11 is 0. The average Bonchev–Trinajstić information content (AvgIpc) is 3.14. The summed E-state index contributed by atoms with van der Waals surface area (Å²) < 4.78 is 5.49. The van der Waals surface area contributed by atoms with Crippen LogP contribution in [0.1, 0.15) is 40.4 Å². The molecule has 3 amide bonds. The lowest BCUT2D eigenvalue weighted by molar-refractivity contribution is 0.102. The normalized spacial score (nSPS) is 19.1. The molecule has 8 heteroatoms. The summed E-state index contributed by atoms with van der Waals surface area (Å²) in [6.07, 6.45) is 1.98. The Morgan fingerprint density at radius 1 is 1.24 bits per heavy atom. The van der Waals surface area contributed by atoms with Crippen LogP contribution in [0.4, 0.5) is 16.2 Å². The second-order valence-corrected chi connectivity index (χ2v) is 7.43. The number of anilines is 2. The zero-order valence-electron chi connectivity index (χ0n) is 16.3. The van der Waals surface area contributed by atoms with E-state index in [9.17, 15) is 14.4 Å². The highest BCUT2D eigenvalue weighted by Crippen LogP contribution is 2.25. The zero-order chi connectivity index (χ0) is 20.4. The molecule has 2 aromatic rings. The Bertz CT molecular complexity index is 994. The van der Waals surface area contributed by atoms with Crippen LogP contribution in [0, 0.1) is 6.92 Å². The van der Waals surface area contributed by atoms with Crippen LogP contribution in [0.5, 0.6) is 0 Å². The van der Waals surface area contributed by atoms with Crippen molar-refractivity contribution in [1.29, 1.82) is 0 Å². The van der Waals surface area contributed by atoms with Gasteiger partial charge in [0.2, 0.25) is 0 Å². The van der Waals surface area contributed by atoms with E-state index in [4.69, 9.17) is 4.42 Å². The van der Waals surface area contributed by atoms with E-state index in [0.29, 0.717) is 35.8 Å². The van der Waals surface area contributed by atoms with E-state index in [2.05, 4.69) is 16.0 Å². The summed E-state index contributed by atoms with van der Waals surface area (Å²) in [6, 6.07) is 8.60.